The first-order chi connectivity index (χ1) is 14.9. The van der Waals surface area contributed by atoms with Crippen LogP contribution in [0.1, 0.15) is 40.9 Å². The molecule has 6 heteroatoms. The summed E-state index contributed by atoms with van der Waals surface area (Å²) < 4.78 is 5.53. The number of rotatable bonds is 8. The van der Waals surface area contributed by atoms with E-state index in [2.05, 4.69) is 36.5 Å². The molecule has 158 valence electrons. The number of carbonyl (C=O) groups excluding carboxylic acids is 1. The van der Waals surface area contributed by atoms with Crippen LogP contribution in [0.5, 0.6) is 5.75 Å². The van der Waals surface area contributed by atoms with Crippen LogP contribution in [-0.4, -0.2) is 29.8 Å². The van der Waals surface area contributed by atoms with Gasteiger partial charge in [-0.15, -0.1) is 0 Å². The van der Waals surface area contributed by atoms with Gasteiger partial charge in [0.2, 0.25) is 0 Å². The summed E-state index contributed by atoms with van der Waals surface area (Å²) in [7, 11) is 0. The predicted molar refractivity (Wildman–Crippen MR) is 120 cm³/mol. The van der Waals surface area contributed by atoms with Crippen molar-refractivity contribution in [1.82, 2.24) is 5.43 Å². The second-order valence-corrected chi connectivity index (χ2v) is 7.49. The molecule has 31 heavy (non-hydrogen) atoms. The Morgan fingerprint density at radius 1 is 0.935 bits per heavy atom. The number of ether oxygens (including phenoxy) is 1. The van der Waals surface area contributed by atoms with E-state index in [4.69, 9.17) is 9.84 Å². The van der Waals surface area contributed by atoms with Crippen molar-refractivity contribution in [1.29, 1.82) is 0 Å². The van der Waals surface area contributed by atoms with Crippen molar-refractivity contribution in [2.24, 2.45) is 5.10 Å². The van der Waals surface area contributed by atoms with Gasteiger partial charge in [0.05, 0.1) is 11.8 Å². The van der Waals surface area contributed by atoms with Crippen LogP contribution >= 0.6 is 0 Å². The molecule has 0 spiro atoms. The molecule has 0 saturated carbocycles. The van der Waals surface area contributed by atoms with Gasteiger partial charge < -0.3 is 9.84 Å². The Labute approximate surface area is 181 Å². The minimum atomic E-state index is -1.06. The molecule has 0 fully saturated rings. The number of hydrogen-bond donors (Lipinski definition) is 2. The van der Waals surface area contributed by atoms with Gasteiger partial charge in [0.1, 0.15) is 5.75 Å². The fraction of sp³-hybridized carbons (Fsp3) is 0.160. The second-order valence-electron chi connectivity index (χ2n) is 7.49. The smallest absolute Gasteiger partial charge is 0.336 e. The van der Waals surface area contributed by atoms with Gasteiger partial charge in [-0.1, -0.05) is 74.5 Å². The van der Waals surface area contributed by atoms with Crippen molar-refractivity contribution in [3.8, 4) is 5.75 Å². The van der Waals surface area contributed by atoms with E-state index in [1.807, 2.05) is 42.5 Å². The summed E-state index contributed by atoms with van der Waals surface area (Å²) in [6.45, 7) is 4.11. The fourth-order valence-corrected chi connectivity index (χ4v) is 3.15. The van der Waals surface area contributed by atoms with Crippen LogP contribution < -0.4 is 10.2 Å². The third-order valence-corrected chi connectivity index (χ3v) is 5.03. The lowest BCUT2D eigenvalue weighted by molar-refractivity contribution is -0.123. The minimum absolute atomic E-state index is 0.107. The van der Waals surface area contributed by atoms with Crippen LogP contribution in [0, 0.1) is 0 Å². The molecule has 0 bridgehead atoms. The first kappa shape index (κ1) is 21.8. The van der Waals surface area contributed by atoms with Gasteiger partial charge >= 0.3 is 5.97 Å². The molecule has 3 aromatic rings. The lowest BCUT2D eigenvalue weighted by Crippen LogP contribution is -2.24. The molecule has 6 nitrogen and oxygen atoms in total. The van der Waals surface area contributed by atoms with Crippen molar-refractivity contribution < 1.29 is 19.4 Å². The van der Waals surface area contributed by atoms with Gasteiger partial charge in [-0.2, -0.15) is 5.10 Å². The SMILES string of the molecule is CC(C)(c1ccccc1)c1ccc(OCC(=O)N/N=C/c2ccccc2C(=O)O)cc1. The summed E-state index contributed by atoms with van der Waals surface area (Å²) >= 11 is 0. The zero-order valence-corrected chi connectivity index (χ0v) is 17.4. The van der Waals surface area contributed by atoms with E-state index in [9.17, 15) is 9.59 Å². The monoisotopic (exact) mass is 416 g/mol. The van der Waals surface area contributed by atoms with Gasteiger partial charge in [-0.3, -0.25) is 4.79 Å². The maximum absolute atomic E-state index is 12.0. The number of hydrazone groups is 1. The Morgan fingerprint density at radius 3 is 2.23 bits per heavy atom. The normalized spacial score (nSPS) is 11.3. The van der Waals surface area contributed by atoms with Crippen LogP contribution in [0.25, 0.3) is 0 Å². The second kappa shape index (κ2) is 9.71. The standard InChI is InChI=1S/C25H24N2O4/c1-25(2,19-9-4-3-5-10-19)20-12-14-21(15-13-20)31-17-23(28)27-26-16-18-8-6-7-11-22(18)24(29)30/h3-16H,17H2,1-2H3,(H,27,28)(H,29,30)/b26-16+. The molecule has 0 unspecified atom stereocenters. The van der Waals surface area contributed by atoms with Crippen LogP contribution in [0.3, 0.4) is 0 Å². The zero-order valence-electron chi connectivity index (χ0n) is 17.4. The Morgan fingerprint density at radius 2 is 1.55 bits per heavy atom. The largest absolute Gasteiger partial charge is 0.484 e. The number of nitrogens with one attached hydrogen (secondary N) is 1. The number of benzene rings is 3. The molecule has 0 aliphatic rings. The van der Waals surface area contributed by atoms with E-state index in [0.29, 0.717) is 11.3 Å². The van der Waals surface area contributed by atoms with E-state index in [0.717, 1.165) is 5.56 Å². The van der Waals surface area contributed by atoms with Gasteiger partial charge in [0, 0.05) is 11.0 Å². The van der Waals surface area contributed by atoms with E-state index in [-0.39, 0.29) is 17.6 Å². The van der Waals surface area contributed by atoms with Crippen molar-refractivity contribution in [3.63, 3.8) is 0 Å². The number of aromatic carboxylic acids is 1. The lowest BCUT2D eigenvalue weighted by atomic mass is 9.78. The lowest BCUT2D eigenvalue weighted by Gasteiger charge is -2.26. The topological polar surface area (TPSA) is 88.0 Å². The summed E-state index contributed by atoms with van der Waals surface area (Å²) in [5.41, 5.74) is 5.04. The highest BCUT2D eigenvalue weighted by Crippen LogP contribution is 2.32. The highest BCUT2D eigenvalue weighted by atomic mass is 16.5. The molecular formula is C25H24N2O4. The molecule has 0 aliphatic heterocycles. The third-order valence-electron chi connectivity index (χ3n) is 5.03. The average Bonchev–Trinajstić information content (AvgIpc) is 2.79. The van der Waals surface area contributed by atoms with Crippen LogP contribution in [0.2, 0.25) is 0 Å². The van der Waals surface area contributed by atoms with Crippen molar-refractivity contribution in [2.75, 3.05) is 6.61 Å². The summed E-state index contributed by atoms with van der Waals surface area (Å²) in [5, 5.41) is 13.0. The zero-order chi connectivity index (χ0) is 22.3. The summed E-state index contributed by atoms with van der Waals surface area (Å²) in [5.74, 6) is -0.934. The summed E-state index contributed by atoms with van der Waals surface area (Å²) in [6, 6.07) is 24.3. The van der Waals surface area contributed by atoms with Crippen LogP contribution in [0.4, 0.5) is 0 Å². The molecule has 0 aromatic heterocycles. The highest BCUT2D eigenvalue weighted by Gasteiger charge is 2.22. The van der Waals surface area contributed by atoms with E-state index in [1.165, 1.54) is 17.8 Å². The highest BCUT2D eigenvalue weighted by molar-refractivity contribution is 5.98. The third kappa shape index (κ3) is 5.57. The molecule has 0 atom stereocenters. The molecule has 2 N–H and O–H groups in total. The first-order valence-corrected chi connectivity index (χ1v) is 9.81. The summed E-state index contributed by atoms with van der Waals surface area (Å²) in [4.78, 5) is 23.1. The minimum Gasteiger partial charge on any atom is -0.484 e. The maximum Gasteiger partial charge on any atom is 0.336 e. The van der Waals surface area contributed by atoms with Crippen molar-refractivity contribution >= 4 is 18.1 Å². The number of carboxylic acids is 1. The number of hydrogen-bond acceptors (Lipinski definition) is 4. The molecule has 0 heterocycles. The quantitative estimate of drug-likeness (QED) is 0.425. The summed E-state index contributed by atoms with van der Waals surface area (Å²) in [6.07, 6.45) is 1.29. The molecular weight excluding hydrogens is 392 g/mol. The van der Waals surface area contributed by atoms with Crippen LogP contribution in [0.15, 0.2) is 84.0 Å². The Balaban J connectivity index is 1.55. The Bertz CT molecular complexity index is 1070. The number of nitrogens with zero attached hydrogens (tertiary/aromatic N) is 1. The Hall–Kier alpha value is -3.93. The average molecular weight is 416 g/mol. The van der Waals surface area contributed by atoms with Gasteiger partial charge in [-0.05, 0) is 29.3 Å². The van der Waals surface area contributed by atoms with E-state index in [1.54, 1.807) is 18.2 Å². The van der Waals surface area contributed by atoms with E-state index < -0.39 is 11.9 Å². The molecule has 0 radical (unpaired) electrons. The number of amides is 1. The fourth-order valence-electron chi connectivity index (χ4n) is 3.15. The molecule has 3 rings (SSSR count). The molecule has 0 aliphatic carbocycles. The van der Waals surface area contributed by atoms with Gasteiger partial charge in [0.25, 0.3) is 5.91 Å². The molecule has 1 amide bonds. The number of carbonyl (C=O) groups is 2. The van der Waals surface area contributed by atoms with Gasteiger partial charge in [0.15, 0.2) is 6.61 Å². The predicted octanol–water partition coefficient (Wildman–Crippen LogP) is 4.24. The van der Waals surface area contributed by atoms with Crippen molar-refractivity contribution in [2.45, 2.75) is 19.3 Å². The van der Waals surface area contributed by atoms with Crippen molar-refractivity contribution in [3.05, 3.63) is 101 Å². The maximum atomic E-state index is 12.0. The Kier molecular flexibility index (Phi) is 6.82. The van der Waals surface area contributed by atoms with E-state index >= 15 is 0 Å². The molecule has 3 aromatic carbocycles. The van der Waals surface area contributed by atoms with Crippen LogP contribution in [-0.2, 0) is 10.2 Å². The van der Waals surface area contributed by atoms with Gasteiger partial charge in [-0.25, -0.2) is 10.2 Å². The molecule has 0 saturated heterocycles. The first-order valence-electron chi connectivity index (χ1n) is 9.81. The number of carboxylic acid groups (broad SMARTS) is 1.